The van der Waals surface area contributed by atoms with E-state index >= 15 is 0 Å². The third kappa shape index (κ3) is 5.80. The third-order valence-electron chi connectivity index (χ3n) is 10.7. The predicted molar refractivity (Wildman–Crippen MR) is 227 cm³/mol. The minimum Gasteiger partial charge on any atom is -0.207 e. The molecular formula is C52H32F2N2. The van der Waals surface area contributed by atoms with Crippen LogP contribution < -0.4 is 0 Å². The van der Waals surface area contributed by atoms with E-state index in [2.05, 4.69) is 133 Å². The molecule has 0 aliphatic rings. The van der Waals surface area contributed by atoms with Crippen molar-refractivity contribution in [2.45, 2.75) is 0 Å². The van der Waals surface area contributed by atoms with Crippen molar-refractivity contribution < 1.29 is 8.78 Å². The van der Waals surface area contributed by atoms with Crippen molar-refractivity contribution in [2.75, 3.05) is 0 Å². The second-order valence-corrected chi connectivity index (χ2v) is 14.0. The molecule has 10 aromatic rings. The smallest absolute Gasteiger partial charge is 0.123 e. The number of rotatable bonds is 6. The van der Waals surface area contributed by atoms with Crippen LogP contribution in [0.1, 0.15) is 0 Å². The van der Waals surface area contributed by atoms with Gasteiger partial charge in [0.15, 0.2) is 0 Å². The highest BCUT2D eigenvalue weighted by Gasteiger charge is 2.29. The molecule has 1 aromatic heterocycles. The molecule has 264 valence electrons. The van der Waals surface area contributed by atoms with E-state index in [0.29, 0.717) is 11.4 Å². The largest absolute Gasteiger partial charge is 0.207 e. The summed E-state index contributed by atoms with van der Waals surface area (Å²) in [4.78, 5) is 0. The first-order valence-corrected chi connectivity index (χ1v) is 18.6. The van der Waals surface area contributed by atoms with Crippen LogP contribution in [0.15, 0.2) is 194 Å². The third-order valence-corrected chi connectivity index (χ3v) is 10.7. The molecule has 10 rings (SSSR count). The summed E-state index contributed by atoms with van der Waals surface area (Å²) in [5.41, 5.74) is 10.8. The van der Waals surface area contributed by atoms with E-state index in [0.717, 1.165) is 88.0 Å². The van der Waals surface area contributed by atoms with Crippen LogP contribution in [-0.2, 0) is 0 Å². The lowest BCUT2D eigenvalue weighted by molar-refractivity contribution is 0.627. The normalized spacial score (nSPS) is 11.4. The Balaban J connectivity index is 1.51. The first-order chi connectivity index (χ1) is 27.6. The van der Waals surface area contributed by atoms with Crippen LogP contribution in [0.4, 0.5) is 8.78 Å². The van der Waals surface area contributed by atoms with Crippen LogP contribution in [0, 0.1) is 11.6 Å². The van der Waals surface area contributed by atoms with Gasteiger partial charge in [0.2, 0.25) is 0 Å². The summed E-state index contributed by atoms with van der Waals surface area (Å²) >= 11 is 0. The van der Waals surface area contributed by atoms with E-state index in [9.17, 15) is 8.78 Å². The van der Waals surface area contributed by atoms with Crippen LogP contribution in [0.25, 0.3) is 99.3 Å². The minimum atomic E-state index is -0.336. The van der Waals surface area contributed by atoms with Gasteiger partial charge in [-0.1, -0.05) is 133 Å². The highest BCUT2D eigenvalue weighted by molar-refractivity contribution is 6.24. The molecule has 2 nitrogen and oxygen atoms in total. The lowest BCUT2D eigenvalue weighted by Gasteiger charge is -2.26. The van der Waals surface area contributed by atoms with Crippen molar-refractivity contribution in [1.82, 2.24) is 10.2 Å². The number of benzene rings is 9. The van der Waals surface area contributed by atoms with Gasteiger partial charge in [-0.05, 0) is 116 Å². The van der Waals surface area contributed by atoms with Gasteiger partial charge in [-0.25, -0.2) is 8.78 Å². The number of aromatic nitrogens is 2. The number of fused-ring (bicyclic) bond motifs is 3. The van der Waals surface area contributed by atoms with E-state index in [1.807, 2.05) is 12.1 Å². The standard InChI is InChI=1S/C52H32F2N2/c53-43-27-23-37(24-28-43)51-49-45(35-13-3-1-4-14-35)47(41-21-19-33-11-7-9-17-39(33)31-41)48(42-22-20-34-12-8-10-18-40(34)32-42)46(36-15-5-2-6-16-36)50(49)52(56-55-51)38-25-29-44(54)30-26-38/h1-32H. The Labute approximate surface area is 323 Å². The molecular weight excluding hydrogens is 691 g/mol. The summed E-state index contributed by atoms with van der Waals surface area (Å²) in [6.07, 6.45) is 0. The molecule has 0 saturated carbocycles. The summed E-state index contributed by atoms with van der Waals surface area (Å²) < 4.78 is 29.1. The lowest BCUT2D eigenvalue weighted by Crippen LogP contribution is -2.03. The van der Waals surface area contributed by atoms with Crippen molar-refractivity contribution in [3.63, 3.8) is 0 Å². The molecule has 0 aliphatic carbocycles. The second kappa shape index (κ2) is 13.8. The molecule has 4 heteroatoms. The van der Waals surface area contributed by atoms with E-state index in [1.165, 1.54) is 24.3 Å². The molecule has 0 N–H and O–H groups in total. The fourth-order valence-corrected chi connectivity index (χ4v) is 8.10. The zero-order chi connectivity index (χ0) is 37.6. The maximum atomic E-state index is 14.6. The van der Waals surface area contributed by atoms with Crippen molar-refractivity contribution in [3.8, 4) is 67.0 Å². The van der Waals surface area contributed by atoms with Gasteiger partial charge in [-0.2, -0.15) is 0 Å². The maximum absolute atomic E-state index is 14.6. The summed E-state index contributed by atoms with van der Waals surface area (Å²) in [5, 5.41) is 16.2. The average Bonchev–Trinajstić information content (AvgIpc) is 3.26. The molecule has 0 amide bonds. The first-order valence-electron chi connectivity index (χ1n) is 18.6. The van der Waals surface area contributed by atoms with Crippen LogP contribution in [0.5, 0.6) is 0 Å². The van der Waals surface area contributed by atoms with Crippen molar-refractivity contribution in [3.05, 3.63) is 206 Å². The molecule has 0 unspecified atom stereocenters. The number of halogens is 2. The molecule has 0 atom stereocenters. The zero-order valence-corrected chi connectivity index (χ0v) is 30.1. The van der Waals surface area contributed by atoms with E-state index < -0.39 is 0 Å². The van der Waals surface area contributed by atoms with Crippen LogP contribution in [0.2, 0.25) is 0 Å². The maximum Gasteiger partial charge on any atom is 0.123 e. The van der Waals surface area contributed by atoms with E-state index in [1.54, 1.807) is 24.3 Å². The molecule has 0 aliphatic heterocycles. The Morgan fingerprint density at radius 2 is 0.607 bits per heavy atom. The summed E-state index contributed by atoms with van der Waals surface area (Å²) in [5.74, 6) is -0.671. The van der Waals surface area contributed by atoms with Crippen LogP contribution in [-0.4, -0.2) is 10.2 Å². The Kier molecular flexibility index (Phi) is 8.23. The zero-order valence-electron chi connectivity index (χ0n) is 30.1. The fraction of sp³-hybridized carbons (Fsp3) is 0. The fourth-order valence-electron chi connectivity index (χ4n) is 8.10. The molecule has 1 heterocycles. The van der Waals surface area contributed by atoms with Gasteiger partial charge in [0.1, 0.15) is 23.0 Å². The van der Waals surface area contributed by atoms with Crippen LogP contribution in [0.3, 0.4) is 0 Å². The molecule has 0 radical (unpaired) electrons. The number of hydrogen-bond acceptors (Lipinski definition) is 2. The van der Waals surface area contributed by atoms with Gasteiger partial charge in [-0.3, -0.25) is 0 Å². The van der Waals surface area contributed by atoms with Gasteiger partial charge in [0.05, 0.1) is 0 Å². The Bertz CT molecular complexity index is 2860. The van der Waals surface area contributed by atoms with Gasteiger partial charge >= 0.3 is 0 Å². The average molecular weight is 723 g/mol. The predicted octanol–water partition coefficient (Wildman–Crippen LogP) is 14.2. The van der Waals surface area contributed by atoms with E-state index in [4.69, 9.17) is 10.2 Å². The highest BCUT2D eigenvalue weighted by Crippen LogP contribution is 2.54. The summed E-state index contributed by atoms with van der Waals surface area (Å²) in [7, 11) is 0. The minimum absolute atomic E-state index is 0.336. The molecule has 0 spiro atoms. The van der Waals surface area contributed by atoms with Crippen LogP contribution >= 0.6 is 0 Å². The highest BCUT2D eigenvalue weighted by atomic mass is 19.1. The second-order valence-electron chi connectivity index (χ2n) is 14.0. The SMILES string of the molecule is Fc1ccc(-c2nnc(-c3ccc(F)cc3)c3c(-c4ccccc4)c(-c4ccc5ccccc5c4)c(-c4ccc5ccccc5c4)c(-c4ccccc4)c23)cc1. The molecule has 56 heavy (non-hydrogen) atoms. The molecule has 9 aromatic carbocycles. The molecule has 0 saturated heterocycles. The Hall–Kier alpha value is -7.30. The molecule has 0 bridgehead atoms. The quantitative estimate of drug-likeness (QED) is 0.171. The lowest BCUT2D eigenvalue weighted by atomic mass is 9.77. The van der Waals surface area contributed by atoms with Gasteiger partial charge in [0.25, 0.3) is 0 Å². The van der Waals surface area contributed by atoms with Gasteiger partial charge < -0.3 is 0 Å². The van der Waals surface area contributed by atoms with Gasteiger partial charge in [0, 0.05) is 33.0 Å². The Morgan fingerprint density at radius 3 is 1.00 bits per heavy atom. The van der Waals surface area contributed by atoms with Gasteiger partial charge in [-0.15, -0.1) is 10.2 Å². The first kappa shape index (κ1) is 33.3. The monoisotopic (exact) mass is 722 g/mol. The van der Waals surface area contributed by atoms with Crippen molar-refractivity contribution in [2.24, 2.45) is 0 Å². The molecule has 0 fully saturated rings. The van der Waals surface area contributed by atoms with Crippen molar-refractivity contribution >= 4 is 32.3 Å². The van der Waals surface area contributed by atoms with Crippen molar-refractivity contribution in [1.29, 1.82) is 0 Å². The topological polar surface area (TPSA) is 25.8 Å². The summed E-state index contributed by atoms with van der Waals surface area (Å²) in [6.45, 7) is 0. The number of hydrogen-bond donors (Lipinski definition) is 0. The summed E-state index contributed by atoms with van der Waals surface area (Å²) in [6, 6.07) is 63.9. The Morgan fingerprint density at radius 1 is 0.268 bits per heavy atom. The van der Waals surface area contributed by atoms with E-state index in [-0.39, 0.29) is 11.6 Å². The number of nitrogens with zero attached hydrogens (tertiary/aromatic N) is 2.